The van der Waals surface area contributed by atoms with Gasteiger partial charge >= 0.3 is 0 Å². The van der Waals surface area contributed by atoms with Crippen molar-refractivity contribution in [2.75, 3.05) is 19.6 Å². The molecule has 1 fully saturated rings. The molecule has 0 radical (unpaired) electrons. The molecule has 120 valence electrons. The van der Waals surface area contributed by atoms with E-state index in [1.807, 2.05) is 36.4 Å². The maximum Gasteiger partial charge on any atom is 0.251 e. The van der Waals surface area contributed by atoms with Gasteiger partial charge in [0, 0.05) is 37.7 Å². The van der Waals surface area contributed by atoms with Crippen LogP contribution in [0.1, 0.15) is 33.0 Å². The lowest BCUT2D eigenvalue weighted by molar-refractivity contribution is 0.0951. The number of hydrogen-bond acceptors (Lipinski definition) is 3. The molecule has 2 heterocycles. The highest BCUT2D eigenvalue weighted by molar-refractivity contribution is 5.96. The number of likely N-dealkylation sites (tertiary alicyclic amines) is 1. The van der Waals surface area contributed by atoms with Crippen molar-refractivity contribution >= 4 is 5.91 Å². The van der Waals surface area contributed by atoms with E-state index in [9.17, 15) is 4.79 Å². The Labute approximate surface area is 141 Å². The molecule has 0 spiro atoms. The molecule has 2 aromatic rings. The number of carbonyl (C=O) groups excluding carboxylic acids is 1. The van der Waals surface area contributed by atoms with E-state index in [1.165, 1.54) is 11.1 Å². The molecule has 0 unspecified atom stereocenters. The minimum atomic E-state index is 0.0493. The zero-order chi connectivity index (χ0) is 16.5. The van der Waals surface area contributed by atoms with Gasteiger partial charge in [-0.25, -0.2) is 0 Å². The molecule has 2 aliphatic heterocycles. The number of benzene rings is 2. The van der Waals surface area contributed by atoms with E-state index in [0.29, 0.717) is 17.4 Å². The molecule has 0 saturated carbocycles. The third-order valence-electron chi connectivity index (χ3n) is 5.11. The number of nitriles is 1. The van der Waals surface area contributed by atoms with Crippen LogP contribution in [0.5, 0.6) is 0 Å². The second-order valence-electron chi connectivity index (χ2n) is 6.67. The van der Waals surface area contributed by atoms with Gasteiger partial charge in [-0.1, -0.05) is 30.3 Å². The molecule has 2 aliphatic rings. The Kier molecular flexibility index (Phi) is 3.79. The molecule has 2 aromatic carbocycles. The summed E-state index contributed by atoms with van der Waals surface area (Å²) in [5.74, 6) is 0.879. The summed E-state index contributed by atoms with van der Waals surface area (Å²) in [6.45, 7) is 3.50. The molecular weight excluding hydrogens is 298 g/mol. The second kappa shape index (κ2) is 6.10. The molecule has 4 heteroatoms. The van der Waals surface area contributed by atoms with Gasteiger partial charge in [-0.2, -0.15) is 5.26 Å². The van der Waals surface area contributed by atoms with E-state index in [4.69, 9.17) is 5.26 Å². The highest BCUT2D eigenvalue weighted by atomic mass is 16.1. The van der Waals surface area contributed by atoms with Crippen molar-refractivity contribution in [3.05, 3.63) is 70.8 Å². The van der Waals surface area contributed by atoms with Gasteiger partial charge in [0.1, 0.15) is 0 Å². The molecule has 0 aliphatic carbocycles. The normalized spacial score (nSPS) is 22.9. The maximum absolute atomic E-state index is 12.2. The first-order valence-corrected chi connectivity index (χ1v) is 8.33. The van der Waals surface area contributed by atoms with Crippen LogP contribution in [0, 0.1) is 17.2 Å². The zero-order valence-electron chi connectivity index (χ0n) is 13.4. The molecule has 24 heavy (non-hydrogen) atoms. The number of fused-ring (bicyclic) bond motifs is 3. The third-order valence-corrected chi connectivity index (χ3v) is 5.11. The molecule has 0 aromatic heterocycles. The van der Waals surface area contributed by atoms with Crippen molar-refractivity contribution in [3.63, 3.8) is 0 Å². The monoisotopic (exact) mass is 317 g/mol. The summed E-state index contributed by atoms with van der Waals surface area (Å²) in [5.41, 5.74) is 3.87. The zero-order valence-corrected chi connectivity index (χ0v) is 13.4. The predicted molar refractivity (Wildman–Crippen MR) is 91.4 cm³/mol. The van der Waals surface area contributed by atoms with Gasteiger partial charge < -0.3 is 5.32 Å². The van der Waals surface area contributed by atoms with Crippen LogP contribution in [-0.2, 0) is 6.54 Å². The second-order valence-corrected chi connectivity index (χ2v) is 6.67. The lowest BCUT2D eigenvalue weighted by atomic mass is 9.87. The fraction of sp³-hybridized carbons (Fsp3) is 0.300. The van der Waals surface area contributed by atoms with Gasteiger partial charge in [0.25, 0.3) is 5.91 Å². The van der Waals surface area contributed by atoms with Crippen LogP contribution in [-0.4, -0.2) is 30.4 Å². The molecule has 4 rings (SSSR count). The predicted octanol–water partition coefficient (Wildman–Crippen LogP) is 2.52. The van der Waals surface area contributed by atoms with Crippen LogP contribution >= 0.6 is 0 Å². The SMILES string of the molecule is N#Cc1cccc(CN2C[C@H]3CNC(=O)c4ccccc4[C@@H]3C2)c1. The Morgan fingerprint density at radius 2 is 2.04 bits per heavy atom. The standard InChI is InChI=1S/C20H19N3O/c21-9-14-4-3-5-15(8-14)11-23-12-16-10-22-20(24)18-7-2-1-6-17(18)19(16)13-23/h1-8,16,19H,10-13H2,(H,22,24)/t16-,19-/m1/s1. The summed E-state index contributed by atoms with van der Waals surface area (Å²) < 4.78 is 0. The molecule has 1 N–H and O–H groups in total. The van der Waals surface area contributed by atoms with Crippen LogP contribution < -0.4 is 5.32 Å². The first kappa shape index (κ1) is 14.9. The number of nitrogens with zero attached hydrogens (tertiary/aromatic N) is 2. The molecule has 1 amide bonds. The van der Waals surface area contributed by atoms with Gasteiger partial charge in [-0.05, 0) is 35.2 Å². The Hall–Kier alpha value is -2.64. The van der Waals surface area contributed by atoms with Crippen LogP contribution in [0.3, 0.4) is 0 Å². The first-order chi connectivity index (χ1) is 11.7. The van der Waals surface area contributed by atoms with E-state index in [-0.39, 0.29) is 5.91 Å². The minimum absolute atomic E-state index is 0.0493. The fourth-order valence-electron chi connectivity index (χ4n) is 3.99. The number of amides is 1. The van der Waals surface area contributed by atoms with Gasteiger partial charge in [-0.3, -0.25) is 9.69 Å². The number of carbonyl (C=O) groups is 1. The maximum atomic E-state index is 12.2. The fourth-order valence-corrected chi connectivity index (χ4v) is 3.99. The number of rotatable bonds is 2. The van der Waals surface area contributed by atoms with Crippen LogP contribution in [0.2, 0.25) is 0 Å². The molecule has 0 bridgehead atoms. The van der Waals surface area contributed by atoms with E-state index in [2.05, 4.69) is 28.4 Å². The van der Waals surface area contributed by atoms with Gasteiger partial charge in [0.15, 0.2) is 0 Å². The van der Waals surface area contributed by atoms with E-state index in [0.717, 1.165) is 31.7 Å². The number of nitrogens with one attached hydrogen (secondary N) is 1. The van der Waals surface area contributed by atoms with Crippen molar-refractivity contribution in [2.24, 2.45) is 5.92 Å². The quantitative estimate of drug-likeness (QED) is 0.926. The number of hydrogen-bond donors (Lipinski definition) is 1. The highest BCUT2D eigenvalue weighted by Gasteiger charge is 2.37. The Morgan fingerprint density at radius 1 is 1.17 bits per heavy atom. The Morgan fingerprint density at radius 3 is 2.92 bits per heavy atom. The topological polar surface area (TPSA) is 56.1 Å². The first-order valence-electron chi connectivity index (χ1n) is 8.33. The van der Waals surface area contributed by atoms with Crippen molar-refractivity contribution in [1.82, 2.24) is 10.2 Å². The molecule has 1 saturated heterocycles. The summed E-state index contributed by atoms with van der Waals surface area (Å²) in [6.07, 6.45) is 0. The average molecular weight is 317 g/mol. The summed E-state index contributed by atoms with van der Waals surface area (Å²) in [5, 5.41) is 12.1. The minimum Gasteiger partial charge on any atom is -0.352 e. The van der Waals surface area contributed by atoms with Crippen molar-refractivity contribution in [3.8, 4) is 6.07 Å². The van der Waals surface area contributed by atoms with Gasteiger partial charge in [0.2, 0.25) is 0 Å². The van der Waals surface area contributed by atoms with Crippen LogP contribution in [0.15, 0.2) is 48.5 Å². The molecular formula is C20H19N3O. The lowest BCUT2D eigenvalue weighted by Gasteiger charge is -2.17. The van der Waals surface area contributed by atoms with Crippen LogP contribution in [0.4, 0.5) is 0 Å². The van der Waals surface area contributed by atoms with Crippen LogP contribution in [0.25, 0.3) is 0 Å². The lowest BCUT2D eigenvalue weighted by Crippen LogP contribution is -2.29. The smallest absolute Gasteiger partial charge is 0.251 e. The average Bonchev–Trinajstić information content (AvgIpc) is 2.97. The largest absolute Gasteiger partial charge is 0.352 e. The highest BCUT2D eigenvalue weighted by Crippen LogP contribution is 2.36. The van der Waals surface area contributed by atoms with Gasteiger partial charge in [0.05, 0.1) is 11.6 Å². The Bertz CT molecular complexity index is 824. The summed E-state index contributed by atoms with van der Waals surface area (Å²) in [6, 6.07) is 18.0. The summed E-state index contributed by atoms with van der Waals surface area (Å²) in [7, 11) is 0. The van der Waals surface area contributed by atoms with E-state index < -0.39 is 0 Å². The van der Waals surface area contributed by atoms with Crippen molar-refractivity contribution in [2.45, 2.75) is 12.5 Å². The summed E-state index contributed by atoms with van der Waals surface area (Å²) in [4.78, 5) is 14.7. The van der Waals surface area contributed by atoms with Crippen molar-refractivity contribution < 1.29 is 4.79 Å². The third kappa shape index (κ3) is 2.68. The van der Waals surface area contributed by atoms with E-state index >= 15 is 0 Å². The Balaban J connectivity index is 1.57. The van der Waals surface area contributed by atoms with Crippen molar-refractivity contribution in [1.29, 1.82) is 5.26 Å². The molecule has 2 atom stereocenters. The summed E-state index contributed by atoms with van der Waals surface area (Å²) >= 11 is 0. The molecule has 4 nitrogen and oxygen atoms in total. The van der Waals surface area contributed by atoms with E-state index in [1.54, 1.807) is 0 Å². The van der Waals surface area contributed by atoms with Gasteiger partial charge in [-0.15, -0.1) is 0 Å².